The topological polar surface area (TPSA) is 92.4 Å². The number of nitrogens with one attached hydrogen (secondary N) is 1. The number of hydrogen-bond acceptors (Lipinski definition) is 3. The number of carbonyl (C=O) groups excluding carboxylic acids is 1. The lowest BCUT2D eigenvalue weighted by Gasteiger charge is -2.06. The predicted octanol–water partition coefficient (Wildman–Crippen LogP) is -1.47. The number of hydrogen-bond donors (Lipinski definition) is 3. The lowest BCUT2D eigenvalue weighted by Crippen LogP contribution is -2.37. The van der Waals surface area contributed by atoms with E-state index in [0.717, 1.165) is 0 Å². The molecule has 0 aliphatic rings. The fourth-order valence-corrected chi connectivity index (χ4v) is 0.514. The maximum atomic E-state index is 10.2. The highest BCUT2D eigenvalue weighted by Gasteiger charge is 2.16. The van der Waals surface area contributed by atoms with Crippen LogP contribution in [0.25, 0.3) is 0 Å². The van der Waals surface area contributed by atoms with Crippen LogP contribution in [0.1, 0.15) is 6.42 Å². The number of carbonyl (C=O) groups is 2. The van der Waals surface area contributed by atoms with E-state index in [9.17, 15) is 9.59 Å². The highest BCUT2D eigenvalue weighted by atomic mass is 16.4. The Bertz CT molecular complexity index is 146. The molecule has 4 N–H and O–H groups in total. The Morgan fingerprint density at radius 1 is 1.70 bits per heavy atom. The zero-order valence-corrected chi connectivity index (χ0v) is 5.63. The zero-order chi connectivity index (χ0) is 8.15. The summed E-state index contributed by atoms with van der Waals surface area (Å²) in [4.78, 5) is 20.4. The van der Waals surface area contributed by atoms with Gasteiger partial charge in [-0.25, -0.2) is 0 Å². The van der Waals surface area contributed by atoms with Crippen LogP contribution in [0.5, 0.6) is 0 Å². The van der Waals surface area contributed by atoms with Gasteiger partial charge in [-0.1, -0.05) is 0 Å². The number of nitrogens with two attached hydrogens (primary N) is 1. The van der Waals surface area contributed by atoms with Crippen LogP contribution in [0.15, 0.2) is 0 Å². The van der Waals surface area contributed by atoms with E-state index in [1.165, 1.54) is 7.05 Å². The number of amides is 1. The molecule has 0 unspecified atom stereocenters. The van der Waals surface area contributed by atoms with Crippen molar-refractivity contribution in [3.05, 3.63) is 0 Å². The molecule has 0 rings (SSSR count). The summed E-state index contributed by atoms with van der Waals surface area (Å²) in [7, 11) is 1.46. The van der Waals surface area contributed by atoms with Crippen molar-refractivity contribution in [2.24, 2.45) is 5.73 Å². The highest BCUT2D eigenvalue weighted by molar-refractivity contribution is 5.83. The largest absolute Gasteiger partial charge is 0.480 e. The monoisotopic (exact) mass is 146 g/mol. The molecule has 0 fully saturated rings. The van der Waals surface area contributed by atoms with E-state index in [1.54, 1.807) is 0 Å². The third-order valence-corrected chi connectivity index (χ3v) is 1.05. The Labute approximate surface area is 58.2 Å². The van der Waals surface area contributed by atoms with Crippen molar-refractivity contribution in [2.75, 3.05) is 7.05 Å². The van der Waals surface area contributed by atoms with Gasteiger partial charge in [-0.15, -0.1) is 0 Å². The molecule has 0 aromatic heterocycles. The minimum Gasteiger partial charge on any atom is -0.480 e. The van der Waals surface area contributed by atoms with Crippen LogP contribution in [0.3, 0.4) is 0 Å². The summed E-state index contributed by atoms with van der Waals surface area (Å²) in [6.07, 6.45) is -0.175. The van der Waals surface area contributed by atoms with E-state index < -0.39 is 17.9 Å². The Hall–Kier alpha value is -1.10. The molecular formula is C5H10N2O3. The summed E-state index contributed by atoms with van der Waals surface area (Å²) in [5.41, 5.74) is 4.76. The van der Waals surface area contributed by atoms with Gasteiger partial charge in [-0.2, -0.15) is 0 Å². The van der Waals surface area contributed by atoms with Gasteiger partial charge < -0.3 is 16.2 Å². The maximum absolute atomic E-state index is 10.2. The Morgan fingerprint density at radius 2 is 2.20 bits per heavy atom. The first-order valence-corrected chi connectivity index (χ1v) is 2.76. The van der Waals surface area contributed by atoms with E-state index >= 15 is 0 Å². The lowest BCUT2D eigenvalue weighted by molar-refractivity contribution is -0.141. The average Bonchev–Trinajstić information content (AvgIpc) is 1.81. The molecule has 0 aromatic carbocycles. The van der Waals surface area contributed by atoms with E-state index in [1.807, 2.05) is 0 Å². The highest BCUT2D eigenvalue weighted by Crippen LogP contribution is 1.88. The normalized spacial score (nSPS) is 12.5. The van der Waals surface area contributed by atoms with Gasteiger partial charge in [0.25, 0.3) is 0 Å². The van der Waals surface area contributed by atoms with Crippen LogP contribution in [0.4, 0.5) is 0 Å². The van der Waals surface area contributed by atoms with Crippen molar-refractivity contribution in [2.45, 2.75) is 12.5 Å². The summed E-state index contributed by atoms with van der Waals surface area (Å²) < 4.78 is 0. The summed E-state index contributed by atoms with van der Waals surface area (Å²) >= 11 is 0. The lowest BCUT2D eigenvalue weighted by atomic mass is 10.2. The van der Waals surface area contributed by atoms with E-state index in [0.29, 0.717) is 0 Å². The van der Waals surface area contributed by atoms with Gasteiger partial charge in [-0.3, -0.25) is 9.59 Å². The minimum absolute atomic E-state index is 0.175. The second kappa shape index (κ2) is 3.84. The van der Waals surface area contributed by atoms with Gasteiger partial charge in [0.15, 0.2) is 0 Å². The predicted molar refractivity (Wildman–Crippen MR) is 34.3 cm³/mol. The van der Waals surface area contributed by atoms with Gasteiger partial charge >= 0.3 is 5.97 Å². The van der Waals surface area contributed by atoms with E-state index in [2.05, 4.69) is 5.32 Å². The smallest absolute Gasteiger partial charge is 0.321 e. The maximum Gasteiger partial charge on any atom is 0.321 e. The molecule has 5 nitrogen and oxygen atoms in total. The Balaban J connectivity index is 3.83. The SMILES string of the molecule is CN[C@H](CC(N)=O)C(=O)O. The van der Waals surface area contributed by atoms with Gasteiger partial charge in [-0.05, 0) is 7.05 Å². The van der Waals surface area contributed by atoms with Crippen LogP contribution >= 0.6 is 0 Å². The minimum atomic E-state index is -1.07. The van der Waals surface area contributed by atoms with Crippen molar-refractivity contribution in [3.63, 3.8) is 0 Å². The van der Waals surface area contributed by atoms with Crippen LogP contribution in [0, 0.1) is 0 Å². The third kappa shape index (κ3) is 3.03. The molecule has 0 saturated heterocycles. The number of likely N-dealkylation sites (N-methyl/N-ethyl adjacent to an activating group) is 1. The summed E-state index contributed by atoms with van der Waals surface area (Å²) in [6.45, 7) is 0. The molecular weight excluding hydrogens is 136 g/mol. The van der Waals surface area contributed by atoms with Crippen molar-refractivity contribution >= 4 is 11.9 Å². The molecule has 0 radical (unpaired) electrons. The summed E-state index contributed by atoms with van der Waals surface area (Å²) in [6, 6.07) is -0.863. The molecule has 5 heteroatoms. The second-order valence-electron chi connectivity index (χ2n) is 1.85. The standard InChI is InChI=1S/C5H10N2O3/c1-7-3(5(9)10)2-4(6)8/h3,7H,2H2,1H3,(H2,6,8)(H,9,10)/t3-/m1/s1. The molecule has 0 spiro atoms. The summed E-state index contributed by atoms with van der Waals surface area (Å²) in [5, 5.41) is 10.8. The molecule has 0 saturated carbocycles. The number of carboxylic acids is 1. The van der Waals surface area contributed by atoms with Crippen LogP contribution in [0.2, 0.25) is 0 Å². The Morgan fingerprint density at radius 3 is 2.30 bits per heavy atom. The fraction of sp³-hybridized carbons (Fsp3) is 0.600. The third-order valence-electron chi connectivity index (χ3n) is 1.05. The molecule has 1 atom stereocenters. The van der Waals surface area contributed by atoms with E-state index in [4.69, 9.17) is 10.8 Å². The number of primary amides is 1. The van der Waals surface area contributed by atoms with Crippen LogP contribution in [-0.2, 0) is 9.59 Å². The molecule has 0 aromatic rings. The average molecular weight is 146 g/mol. The molecule has 1 amide bonds. The molecule has 0 aliphatic heterocycles. The molecule has 0 heterocycles. The van der Waals surface area contributed by atoms with Gasteiger partial charge in [0, 0.05) is 0 Å². The van der Waals surface area contributed by atoms with Crippen molar-refractivity contribution in [1.82, 2.24) is 5.32 Å². The summed E-state index contributed by atoms with van der Waals surface area (Å²) in [5.74, 6) is -1.69. The van der Waals surface area contributed by atoms with Gasteiger partial charge in [0.1, 0.15) is 6.04 Å². The fourth-order valence-electron chi connectivity index (χ4n) is 0.514. The van der Waals surface area contributed by atoms with Crippen LogP contribution in [-0.4, -0.2) is 30.1 Å². The van der Waals surface area contributed by atoms with Crippen LogP contribution < -0.4 is 11.1 Å². The molecule has 10 heavy (non-hydrogen) atoms. The number of aliphatic carboxylic acids is 1. The van der Waals surface area contributed by atoms with Gasteiger partial charge in [0.05, 0.1) is 6.42 Å². The van der Waals surface area contributed by atoms with Crippen molar-refractivity contribution < 1.29 is 14.7 Å². The first kappa shape index (κ1) is 8.90. The zero-order valence-electron chi connectivity index (χ0n) is 5.63. The second-order valence-corrected chi connectivity index (χ2v) is 1.85. The molecule has 58 valence electrons. The van der Waals surface area contributed by atoms with Crippen molar-refractivity contribution in [3.8, 4) is 0 Å². The number of carboxylic acid groups (broad SMARTS) is 1. The van der Waals surface area contributed by atoms with E-state index in [-0.39, 0.29) is 6.42 Å². The molecule has 0 bridgehead atoms. The number of rotatable bonds is 4. The quantitative estimate of drug-likeness (QED) is 0.451. The van der Waals surface area contributed by atoms with Crippen molar-refractivity contribution in [1.29, 1.82) is 0 Å². The first-order chi connectivity index (χ1) is 4.57. The Kier molecular flexibility index (Phi) is 3.42. The first-order valence-electron chi connectivity index (χ1n) is 2.76. The van der Waals surface area contributed by atoms with Gasteiger partial charge in [0.2, 0.25) is 5.91 Å². The molecule has 0 aliphatic carbocycles.